The average Bonchev–Trinajstić information content (AvgIpc) is 2.11. The summed E-state index contributed by atoms with van der Waals surface area (Å²) in [7, 11) is 3.19. The number of nitrogens with zero attached hydrogens (tertiary/aromatic N) is 1. The zero-order valence-electron chi connectivity index (χ0n) is 9.87. The standard InChI is InChI=1S/C12H19NO2/c1-7-10(8-9(2)3)12(4,15)11(14)13(5)6/h7-8,15H,1-2H2,3-6H3/b10-8+. The van der Waals surface area contributed by atoms with Crippen LogP contribution in [-0.2, 0) is 4.79 Å². The number of likely N-dealkylation sites (N-methyl/N-ethyl adjacent to an activating group) is 1. The van der Waals surface area contributed by atoms with Crippen LogP contribution in [-0.4, -0.2) is 35.6 Å². The highest BCUT2D eigenvalue weighted by molar-refractivity contribution is 5.88. The molecule has 1 unspecified atom stereocenters. The number of hydrogen-bond donors (Lipinski definition) is 1. The summed E-state index contributed by atoms with van der Waals surface area (Å²) in [4.78, 5) is 13.0. The third kappa shape index (κ3) is 3.36. The van der Waals surface area contributed by atoms with Gasteiger partial charge in [0.05, 0.1) is 0 Å². The summed E-state index contributed by atoms with van der Waals surface area (Å²) in [6.07, 6.45) is 3.12. The molecule has 0 radical (unpaired) electrons. The van der Waals surface area contributed by atoms with E-state index in [1.54, 1.807) is 27.1 Å². The summed E-state index contributed by atoms with van der Waals surface area (Å²) >= 11 is 0. The maximum atomic E-state index is 11.7. The van der Waals surface area contributed by atoms with Crippen LogP contribution in [0.2, 0.25) is 0 Å². The van der Waals surface area contributed by atoms with Crippen LogP contribution in [0, 0.1) is 0 Å². The molecule has 3 nitrogen and oxygen atoms in total. The fourth-order valence-electron chi connectivity index (χ4n) is 1.22. The Hall–Kier alpha value is -1.35. The molecule has 3 heteroatoms. The molecule has 0 saturated carbocycles. The van der Waals surface area contributed by atoms with Gasteiger partial charge >= 0.3 is 0 Å². The zero-order chi connectivity index (χ0) is 12.2. The molecule has 0 aliphatic carbocycles. The largest absolute Gasteiger partial charge is 0.376 e. The summed E-state index contributed by atoms with van der Waals surface area (Å²) in [5, 5.41) is 10.1. The molecule has 15 heavy (non-hydrogen) atoms. The molecule has 0 aliphatic rings. The molecule has 0 spiro atoms. The highest BCUT2D eigenvalue weighted by Crippen LogP contribution is 2.20. The lowest BCUT2D eigenvalue weighted by molar-refractivity contribution is -0.143. The van der Waals surface area contributed by atoms with Gasteiger partial charge in [-0.25, -0.2) is 0 Å². The molecule has 0 aromatic carbocycles. The quantitative estimate of drug-likeness (QED) is 0.713. The van der Waals surface area contributed by atoms with Crippen molar-refractivity contribution in [1.29, 1.82) is 0 Å². The topological polar surface area (TPSA) is 40.5 Å². The van der Waals surface area contributed by atoms with Gasteiger partial charge in [-0.2, -0.15) is 0 Å². The Labute approximate surface area is 91.4 Å². The Morgan fingerprint density at radius 3 is 2.20 bits per heavy atom. The molecule has 0 aromatic heterocycles. The fourth-order valence-corrected chi connectivity index (χ4v) is 1.22. The molecule has 0 saturated heterocycles. The molecule has 1 amide bonds. The van der Waals surface area contributed by atoms with Crippen LogP contribution in [0.15, 0.2) is 36.5 Å². The van der Waals surface area contributed by atoms with Crippen molar-refractivity contribution < 1.29 is 9.90 Å². The first-order valence-corrected chi connectivity index (χ1v) is 4.67. The van der Waals surface area contributed by atoms with E-state index in [0.29, 0.717) is 5.57 Å². The van der Waals surface area contributed by atoms with E-state index in [9.17, 15) is 9.90 Å². The van der Waals surface area contributed by atoms with Gasteiger partial charge in [0, 0.05) is 14.1 Å². The second-order valence-electron chi connectivity index (χ2n) is 3.92. The van der Waals surface area contributed by atoms with Crippen molar-refractivity contribution in [3.8, 4) is 0 Å². The fraction of sp³-hybridized carbons (Fsp3) is 0.417. The lowest BCUT2D eigenvalue weighted by atomic mass is 9.93. The molecular weight excluding hydrogens is 190 g/mol. The molecule has 1 N–H and O–H groups in total. The predicted molar refractivity (Wildman–Crippen MR) is 62.4 cm³/mol. The Morgan fingerprint density at radius 1 is 1.47 bits per heavy atom. The zero-order valence-corrected chi connectivity index (χ0v) is 9.87. The summed E-state index contributed by atoms with van der Waals surface area (Å²) in [5.41, 5.74) is -0.338. The van der Waals surface area contributed by atoms with Crippen LogP contribution < -0.4 is 0 Å². The number of aliphatic hydroxyl groups is 1. The number of rotatable bonds is 4. The van der Waals surface area contributed by atoms with Crippen LogP contribution in [0.5, 0.6) is 0 Å². The van der Waals surface area contributed by atoms with Gasteiger partial charge in [0.2, 0.25) is 0 Å². The molecule has 0 aliphatic heterocycles. The average molecular weight is 209 g/mol. The molecule has 0 bridgehead atoms. The van der Waals surface area contributed by atoms with Gasteiger partial charge in [-0.3, -0.25) is 4.79 Å². The van der Waals surface area contributed by atoms with Crippen molar-refractivity contribution >= 4 is 5.91 Å². The van der Waals surface area contributed by atoms with Gasteiger partial charge in [0.1, 0.15) is 0 Å². The molecule has 0 fully saturated rings. The van der Waals surface area contributed by atoms with Crippen LogP contribution >= 0.6 is 0 Å². The maximum Gasteiger partial charge on any atom is 0.258 e. The first kappa shape index (κ1) is 13.7. The number of hydrogen-bond acceptors (Lipinski definition) is 2. The van der Waals surface area contributed by atoms with Crippen molar-refractivity contribution in [2.75, 3.05) is 14.1 Å². The minimum atomic E-state index is -1.55. The van der Waals surface area contributed by atoms with E-state index in [4.69, 9.17) is 0 Å². The second kappa shape index (κ2) is 4.94. The number of allylic oxidation sites excluding steroid dienone is 2. The summed E-state index contributed by atoms with van der Waals surface area (Å²) in [5.74, 6) is -0.380. The molecule has 0 rings (SSSR count). The number of carbonyl (C=O) groups excluding carboxylic acids is 1. The summed E-state index contributed by atoms with van der Waals surface area (Å²) < 4.78 is 0. The molecule has 0 aromatic rings. The van der Waals surface area contributed by atoms with Gasteiger partial charge in [-0.05, 0) is 19.4 Å². The van der Waals surface area contributed by atoms with E-state index < -0.39 is 5.60 Å². The van der Waals surface area contributed by atoms with Crippen LogP contribution in [0.25, 0.3) is 0 Å². The van der Waals surface area contributed by atoms with Crippen molar-refractivity contribution in [2.45, 2.75) is 19.4 Å². The molecule has 84 valence electrons. The normalized spacial score (nSPS) is 15.4. The van der Waals surface area contributed by atoms with Crippen LogP contribution in [0.4, 0.5) is 0 Å². The lowest BCUT2D eigenvalue weighted by Crippen LogP contribution is -2.44. The smallest absolute Gasteiger partial charge is 0.258 e. The van der Waals surface area contributed by atoms with E-state index in [-0.39, 0.29) is 5.91 Å². The predicted octanol–water partition coefficient (Wildman–Crippen LogP) is 1.51. The molecular formula is C12H19NO2. The molecule has 0 heterocycles. The highest BCUT2D eigenvalue weighted by Gasteiger charge is 2.34. The van der Waals surface area contributed by atoms with Crippen molar-refractivity contribution in [3.05, 3.63) is 36.5 Å². The van der Waals surface area contributed by atoms with E-state index in [1.165, 1.54) is 17.9 Å². The van der Waals surface area contributed by atoms with Crippen LogP contribution in [0.3, 0.4) is 0 Å². The minimum absolute atomic E-state index is 0.380. The van der Waals surface area contributed by atoms with Gasteiger partial charge in [0.15, 0.2) is 5.60 Å². The van der Waals surface area contributed by atoms with Gasteiger partial charge in [-0.15, -0.1) is 0 Å². The monoisotopic (exact) mass is 209 g/mol. The van der Waals surface area contributed by atoms with E-state index >= 15 is 0 Å². The van der Waals surface area contributed by atoms with E-state index in [0.717, 1.165) is 5.57 Å². The Morgan fingerprint density at radius 2 is 1.93 bits per heavy atom. The van der Waals surface area contributed by atoms with Gasteiger partial charge in [-0.1, -0.05) is 30.9 Å². The second-order valence-corrected chi connectivity index (χ2v) is 3.92. The van der Waals surface area contributed by atoms with Crippen molar-refractivity contribution in [1.82, 2.24) is 4.90 Å². The van der Waals surface area contributed by atoms with E-state index in [1.807, 2.05) is 0 Å². The van der Waals surface area contributed by atoms with E-state index in [2.05, 4.69) is 13.2 Å². The maximum absolute atomic E-state index is 11.7. The first-order chi connectivity index (χ1) is 6.73. The third-order valence-electron chi connectivity index (χ3n) is 2.01. The summed E-state index contributed by atoms with van der Waals surface area (Å²) in [6.45, 7) is 10.5. The lowest BCUT2D eigenvalue weighted by Gasteiger charge is -2.27. The Balaban J connectivity index is 5.23. The van der Waals surface area contributed by atoms with Gasteiger partial charge < -0.3 is 10.0 Å². The number of amides is 1. The Bertz CT molecular complexity index is 312. The highest BCUT2D eigenvalue weighted by atomic mass is 16.3. The van der Waals surface area contributed by atoms with Gasteiger partial charge in [0.25, 0.3) is 5.91 Å². The SMILES string of the molecule is C=C/C(=C\C(=C)C)C(C)(O)C(=O)N(C)C. The summed E-state index contributed by atoms with van der Waals surface area (Å²) in [6, 6.07) is 0. The van der Waals surface area contributed by atoms with Crippen molar-refractivity contribution in [3.63, 3.8) is 0 Å². The first-order valence-electron chi connectivity index (χ1n) is 4.67. The van der Waals surface area contributed by atoms with Crippen LogP contribution in [0.1, 0.15) is 13.8 Å². The third-order valence-corrected chi connectivity index (χ3v) is 2.01. The number of carbonyl (C=O) groups is 1. The minimum Gasteiger partial charge on any atom is -0.376 e. The molecule has 1 atom stereocenters. The Kier molecular flexibility index (Phi) is 4.49. The van der Waals surface area contributed by atoms with Crippen molar-refractivity contribution in [2.24, 2.45) is 0 Å².